The van der Waals surface area contributed by atoms with E-state index in [4.69, 9.17) is 4.74 Å². The summed E-state index contributed by atoms with van der Waals surface area (Å²) in [6.07, 6.45) is 0.848. The van der Waals surface area contributed by atoms with Gasteiger partial charge in [-0.05, 0) is 34.1 Å². The van der Waals surface area contributed by atoms with Crippen LogP contribution in [0.3, 0.4) is 0 Å². The highest BCUT2D eigenvalue weighted by Gasteiger charge is 2.34. The SMILES string of the molecule is CC(C)NC(C)(CCN1CCOC(C)C1)C(=O)O. The van der Waals surface area contributed by atoms with Gasteiger partial charge in [0.1, 0.15) is 5.54 Å². The topological polar surface area (TPSA) is 61.8 Å². The second kappa shape index (κ2) is 6.50. The van der Waals surface area contributed by atoms with Crippen molar-refractivity contribution in [1.29, 1.82) is 0 Å². The number of rotatable bonds is 6. The van der Waals surface area contributed by atoms with Crippen LogP contribution in [0, 0.1) is 0 Å². The zero-order valence-corrected chi connectivity index (χ0v) is 11.9. The van der Waals surface area contributed by atoms with Crippen molar-refractivity contribution < 1.29 is 14.6 Å². The molecule has 2 unspecified atom stereocenters. The average Bonchev–Trinajstić information content (AvgIpc) is 2.25. The molecule has 1 heterocycles. The molecular weight excluding hydrogens is 232 g/mol. The molecule has 0 amide bonds. The molecule has 0 saturated carbocycles. The lowest BCUT2D eigenvalue weighted by Gasteiger charge is -2.35. The fraction of sp³-hybridized carbons (Fsp3) is 0.923. The van der Waals surface area contributed by atoms with E-state index in [1.165, 1.54) is 0 Å². The van der Waals surface area contributed by atoms with E-state index in [2.05, 4.69) is 17.1 Å². The zero-order valence-electron chi connectivity index (χ0n) is 11.9. The number of hydrogen-bond donors (Lipinski definition) is 2. The summed E-state index contributed by atoms with van der Waals surface area (Å²) in [5.74, 6) is -0.780. The summed E-state index contributed by atoms with van der Waals surface area (Å²) < 4.78 is 5.48. The van der Waals surface area contributed by atoms with Crippen LogP contribution in [0.5, 0.6) is 0 Å². The first-order chi connectivity index (χ1) is 8.33. The summed E-state index contributed by atoms with van der Waals surface area (Å²) in [5.41, 5.74) is -0.851. The molecule has 5 heteroatoms. The molecule has 5 nitrogen and oxygen atoms in total. The van der Waals surface area contributed by atoms with E-state index in [0.717, 1.165) is 26.2 Å². The van der Waals surface area contributed by atoms with Crippen LogP contribution in [0.4, 0.5) is 0 Å². The first-order valence-electron chi connectivity index (χ1n) is 6.68. The second-order valence-corrected chi connectivity index (χ2v) is 5.67. The largest absolute Gasteiger partial charge is 0.480 e. The van der Waals surface area contributed by atoms with Gasteiger partial charge in [0.15, 0.2) is 0 Å². The van der Waals surface area contributed by atoms with E-state index < -0.39 is 11.5 Å². The maximum absolute atomic E-state index is 11.4. The molecule has 2 N–H and O–H groups in total. The van der Waals surface area contributed by atoms with Gasteiger partial charge in [-0.2, -0.15) is 0 Å². The number of aliphatic carboxylic acids is 1. The number of hydrogen-bond acceptors (Lipinski definition) is 4. The lowest BCUT2D eigenvalue weighted by atomic mass is 9.96. The summed E-state index contributed by atoms with van der Waals surface area (Å²) in [7, 11) is 0. The Labute approximate surface area is 109 Å². The molecule has 1 aliphatic heterocycles. The molecule has 0 aromatic rings. The van der Waals surface area contributed by atoms with Crippen molar-refractivity contribution >= 4 is 5.97 Å². The standard InChI is InChI=1S/C13H26N2O3/c1-10(2)14-13(4,12(16)17)5-6-15-7-8-18-11(3)9-15/h10-11,14H,5-9H2,1-4H3,(H,16,17). The van der Waals surface area contributed by atoms with Crippen LogP contribution in [0.25, 0.3) is 0 Å². The average molecular weight is 258 g/mol. The van der Waals surface area contributed by atoms with Gasteiger partial charge in [-0.1, -0.05) is 0 Å². The Morgan fingerprint density at radius 1 is 1.61 bits per heavy atom. The van der Waals surface area contributed by atoms with Crippen molar-refractivity contribution in [2.24, 2.45) is 0 Å². The zero-order chi connectivity index (χ0) is 13.8. The van der Waals surface area contributed by atoms with Gasteiger partial charge in [0.2, 0.25) is 0 Å². The fourth-order valence-corrected chi connectivity index (χ4v) is 2.35. The van der Waals surface area contributed by atoms with Crippen LogP contribution in [0.15, 0.2) is 0 Å². The van der Waals surface area contributed by atoms with Crippen LogP contribution in [0.1, 0.15) is 34.1 Å². The Bertz CT molecular complexity index is 283. The van der Waals surface area contributed by atoms with E-state index >= 15 is 0 Å². The third kappa shape index (κ3) is 4.55. The van der Waals surface area contributed by atoms with Crippen LogP contribution in [-0.2, 0) is 9.53 Å². The summed E-state index contributed by atoms with van der Waals surface area (Å²) in [5, 5.41) is 12.5. The minimum atomic E-state index is -0.851. The molecule has 1 saturated heterocycles. The molecule has 1 fully saturated rings. The Morgan fingerprint density at radius 2 is 2.28 bits per heavy atom. The minimum Gasteiger partial charge on any atom is -0.480 e. The maximum atomic E-state index is 11.4. The van der Waals surface area contributed by atoms with Gasteiger partial charge < -0.3 is 9.84 Å². The lowest BCUT2D eigenvalue weighted by molar-refractivity contribution is -0.145. The molecule has 2 atom stereocenters. The van der Waals surface area contributed by atoms with Crippen molar-refractivity contribution in [3.8, 4) is 0 Å². The Kier molecular flexibility index (Phi) is 5.56. The van der Waals surface area contributed by atoms with Gasteiger partial charge in [0.25, 0.3) is 0 Å². The first-order valence-corrected chi connectivity index (χ1v) is 6.68. The number of carboxylic acids is 1. The second-order valence-electron chi connectivity index (χ2n) is 5.67. The molecule has 0 spiro atoms. The molecule has 0 radical (unpaired) electrons. The third-order valence-corrected chi connectivity index (χ3v) is 3.33. The molecule has 1 aliphatic rings. The third-order valence-electron chi connectivity index (χ3n) is 3.33. The number of carboxylic acid groups (broad SMARTS) is 1. The number of nitrogens with zero attached hydrogens (tertiary/aromatic N) is 1. The molecule has 0 bridgehead atoms. The highest BCUT2D eigenvalue weighted by molar-refractivity contribution is 5.78. The van der Waals surface area contributed by atoms with E-state index in [9.17, 15) is 9.90 Å². The van der Waals surface area contributed by atoms with Crippen LogP contribution in [-0.4, -0.2) is 59.9 Å². The van der Waals surface area contributed by atoms with E-state index in [1.807, 2.05) is 13.8 Å². The van der Waals surface area contributed by atoms with E-state index in [-0.39, 0.29) is 12.1 Å². The smallest absolute Gasteiger partial charge is 0.323 e. The normalized spacial score (nSPS) is 25.1. The number of carbonyl (C=O) groups is 1. The first kappa shape index (κ1) is 15.4. The summed E-state index contributed by atoms with van der Waals surface area (Å²) in [6.45, 7) is 11.1. The van der Waals surface area contributed by atoms with Crippen LogP contribution in [0.2, 0.25) is 0 Å². The summed E-state index contributed by atoms with van der Waals surface area (Å²) in [6, 6.07) is 0.162. The monoisotopic (exact) mass is 258 g/mol. The van der Waals surface area contributed by atoms with Crippen molar-refractivity contribution in [2.45, 2.75) is 51.8 Å². The molecular formula is C13H26N2O3. The number of ether oxygens (including phenoxy) is 1. The molecule has 106 valence electrons. The summed E-state index contributed by atoms with van der Waals surface area (Å²) >= 11 is 0. The molecule has 1 rings (SSSR count). The highest BCUT2D eigenvalue weighted by atomic mass is 16.5. The van der Waals surface area contributed by atoms with Crippen LogP contribution < -0.4 is 5.32 Å². The van der Waals surface area contributed by atoms with Crippen molar-refractivity contribution in [3.05, 3.63) is 0 Å². The van der Waals surface area contributed by atoms with Crippen LogP contribution >= 0.6 is 0 Å². The Balaban J connectivity index is 2.49. The Morgan fingerprint density at radius 3 is 2.78 bits per heavy atom. The van der Waals surface area contributed by atoms with Gasteiger partial charge in [0, 0.05) is 25.7 Å². The fourth-order valence-electron chi connectivity index (χ4n) is 2.35. The van der Waals surface area contributed by atoms with Gasteiger partial charge in [-0.25, -0.2) is 0 Å². The van der Waals surface area contributed by atoms with E-state index in [0.29, 0.717) is 6.42 Å². The summed E-state index contributed by atoms with van der Waals surface area (Å²) in [4.78, 5) is 13.7. The molecule has 0 aromatic carbocycles. The minimum absolute atomic E-state index is 0.162. The predicted octanol–water partition coefficient (Wildman–Crippen LogP) is 0.939. The van der Waals surface area contributed by atoms with Gasteiger partial charge >= 0.3 is 5.97 Å². The van der Waals surface area contributed by atoms with Gasteiger partial charge in [-0.15, -0.1) is 0 Å². The van der Waals surface area contributed by atoms with Crippen molar-refractivity contribution in [3.63, 3.8) is 0 Å². The Hall–Kier alpha value is -0.650. The highest BCUT2D eigenvalue weighted by Crippen LogP contribution is 2.14. The lowest BCUT2D eigenvalue weighted by Crippen LogP contribution is -2.54. The van der Waals surface area contributed by atoms with E-state index in [1.54, 1.807) is 6.92 Å². The van der Waals surface area contributed by atoms with Gasteiger partial charge in [0.05, 0.1) is 12.7 Å². The number of nitrogens with one attached hydrogen (secondary N) is 1. The van der Waals surface area contributed by atoms with Crippen molar-refractivity contribution in [1.82, 2.24) is 10.2 Å². The maximum Gasteiger partial charge on any atom is 0.323 e. The molecule has 0 aromatic heterocycles. The quantitative estimate of drug-likeness (QED) is 0.742. The van der Waals surface area contributed by atoms with Gasteiger partial charge in [-0.3, -0.25) is 15.0 Å². The molecule has 18 heavy (non-hydrogen) atoms. The predicted molar refractivity (Wildman–Crippen MR) is 70.8 cm³/mol. The molecule has 0 aliphatic carbocycles. The number of morpholine rings is 1. The van der Waals surface area contributed by atoms with Crippen molar-refractivity contribution in [2.75, 3.05) is 26.2 Å².